The number of hydrogen-bond donors (Lipinski definition) is 1. The normalized spacial score (nSPS) is 13.0. The third-order valence-electron chi connectivity index (χ3n) is 4.60. The summed E-state index contributed by atoms with van der Waals surface area (Å²) < 4.78 is 80.5. The molecule has 0 saturated heterocycles. The van der Waals surface area contributed by atoms with Crippen LogP contribution in [-0.4, -0.2) is 43.5 Å². The summed E-state index contributed by atoms with van der Waals surface area (Å²) in [4.78, 5) is 27.3. The minimum atomic E-state index is -5.00. The first kappa shape index (κ1) is 26.2. The molecule has 3 aromatic heterocycles. The second-order valence-corrected chi connectivity index (χ2v) is 7.09. The number of alkyl halides is 6. The molecular formula is C22H17F6N7O. The topological polar surface area (TPSA) is 98.0 Å². The zero-order valence-electron chi connectivity index (χ0n) is 18.5. The Morgan fingerprint density at radius 2 is 1.89 bits per heavy atom. The SMILES string of the molecule is C=N/C(=C\C(=C/C)c1cn(CC(=O)Nc2ccc(-c3cnccn3)cn2)nc1C(F)(F)F)C(F)(F)F. The number of halogens is 6. The lowest BCUT2D eigenvalue weighted by Gasteiger charge is -2.09. The Labute approximate surface area is 200 Å². The molecule has 8 nitrogen and oxygen atoms in total. The first-order chi connectivity index (χ1) is 16.9. The van der Waals surface area contributed by atoms with Gasteiger partial charge in [0.1, 0.15) is 18.1 Å². The fourth-order valence-corrected chi connectivity index (χ4v) is 3.00. The summed E-state index contributed by atoms with van der Waals surface area (Å²) in [5.74, 6) is -0.654. The van der Waals surface area contributed by atoms with E-state index < -0.39 is 47.3 Å². The van der Waals surface area contributed by atoms with E-state index in [1.54, 1.807) is 6.07 Å². The summed E-state index contributed by atoms with van der Waals surface area (Å²) in [5, 5.41) is 5.79. The molecule has 0 aromatic carbocycles. The Balaban J connectivity index is 1.83. The van der Waals surface area contributed by atoms with Crippen LogP contribution in [0.4, 0.5) is 32.2 Å². The van der Waals surface area contributed by atoms with Crippen molar-refractivity contribution in [1.29, 1.82) is 0 Å². The molecule has 0 spiro atoms. The fourth-order valence-electron chi connectivity index (χ4n) is 3.00. The number of nitrogens with one attached hydrogen (secondary N) is 1. The molecule has 0 bridgehead atoms. The minimum absolute atomic E-state index is 0.111. The van der Waals surface area contributed by atoms with Crippen molar-refractivity contribution in [2.24, 2.45) is 4.99 Å². The molecule has 14 heteroatoms. The van der Waals surface area contributed by atoms with E-state index in [1.807, 2.05) is 0 Å². The van der Waals surface area contributed by atoms with E-state index in [4.69, 9.17) is 0 Å². The van der Waals surface area contributed by atoms with Crippen LogP contribution < -0.4 is 5.32 Å². The van der Waals surface area contributed by atoms with E-state index >= 15 is 0 Å². The first-order valence-corrected chi connectivity index (χ1v) is 10.0. The van der Waals surface area contributed by atoms with Gasteiger partial charge in [0.05, 0.1) is 11.9 Å². The van der Waals surface area contributed by atoms with Gasteiger partial charge in [0.15, 0.2) is 5.69 Å². The van der Waals surface area contributed by atoms with Gasteiger partial charge in [-0.25, -0.2) is 4.98 Å². The molecule has 0 unspecified atom stereocenters. The Kier molecular flexibility index (Phi) is 7.65. The summed E-state index contributed by atoms with van der Waals surface area (Å²) >= 11 is 0. The predicted octanol–water partition coefficient (Wildman–Crippen LogP) is 4.94. The van der Waals surface area contributed by atoms with Crippen molar-refractivity contribution in [2.75, 3.05) is 5.32 Å². The van der Waals surface area contributed by atoms with Crippen molar-refractivity contribution in [3.8, 4) is 11.3 Å². The third kappa shape index (κ3) is 6.40. The molecule has 0 aliphatic carbocycles. The summed E-state index contributed by atoms with van der Waals surface area (Å²) in [6.45, 7) is 3.40. The number of carbonyl (C=O) groups excluding carboxylic acids is 1. The minimum Gasteiger partial charge on any atom is -0.309 e. The van der Waals surface area contributed by atoms with Gasteiger partial charge < -0.3 is 5.32 Å². The van der Waals surface area contributed by atoms with Crippen LogP contribution in [0.1, 0.15) is 18.2 Å². The van der Waals surface area contributed by atoms with Crippen LogP contribution >= 0.6 is 0 Å². The van der Waals surface area contributed by atoms with Gasteiger partial charge in [-0.05, 0) is 37.4 Å². The second-order valence-electron chi connectivity index (χ2n) is 7.09. The molecule has 3 rings (SSSR count). The Morgan fingerprint density at radius 3 is 2.42 bits per heavy atom. The predicted molar refractivity (Wildman–Crippen MR) is 118 cm³/mol. The number of carbonyl (C=O) groups is 1. The molecule has 1 amide bonds. The number of allylic oxidation sites excluding steroid dienone is 4. The zero-order valence-corrected chi connectivity index (χ0v) is 18.5. The van der Waals surface area contributed by atoms with Crippen LogP contribution in [0.15, 0.2) is 66.0 Å². The van der Waals surface area contributed by atoms with E-state index in [9.17, 15) is 31.1 Å². The van der Waals surface area contributed by atoms with Crippen molar-refractivity contribution >= 4 is 24.0 Å². The molecule has 3 heterocycles. The molecule has 0 saturated carbocycles. The average molecular weight is 509 g/mol. The van der Waals surface area contributed by atoms with Gasteiger partial charge in [-0.3, -0.25) is 24.4 Å². The standard InChI is InChI=1S/C22H17F6N7O/c1-3-13(8-17(29-2)21(23,24)25)15-11-35(34-20(15)22(26,27)28)12-19(36)33-18-5-4-14(9-32-18)16-10-30-6-7-31-16/h3-11H,2,12H2,1H3,(H,32,33,36)/b13-3+,17-8-. The molecule has 0 atom stereocenters. The number of rotatable bonds is 7. The van der Waals surface area contributed by atoms with Gasteiger partial charge >= 0.3 is 12.4 Å². The van der Waals surface area contributed by atoms with E-state index in [0.29, 0.717) is 22.0 Å². The number of pyridine rings is 1. The number of aliphatic imine (C=N–C) groups is 1. The highest BCUT2D eigenvalue weighted by Gasteiger charge is 2.39. The number of amides is 1. The Hall–Kier alpha value is -4.36. The third-order valence-corrected chi connectivity index (χ3v) is 4.60. The molecule has 3 aromatic rings. The highest BCUT2D eigenvalue weighted by atomic mass is 19.4. The summed E-state index contributed by atoms with van der Waals surface area (Å²) in [6, 6.07) is 3.07. The lowest BCUT2D eigenvalue weighted by atomic mass is 10.0. The monoisotopic (exact) mass is 509 g/mol. The Bertz CT molecular complexity index is 1290. The maximum Gasteiger partial charge on any atom is 0.435 e. The average Bonchev–Trinajstić information content (AvgIpc) is 3.24. The lowest BCUT2D eigenvalue weighted by Crippen LogP contribution is -2.20. The van der Waals surface area contributed by atoms with Crippen molar-refractivity contribution < 1.29 is 31.1 Å². The summed E-state index contributed by atoms with van der Waals surface area (Å²) in [6.07, 6.45) is -1.72. The lowest BCUT2D eigenvalue weighted by molar-refractivity contribution is -0.141. The van der Waals surface area contributed by atoms with Crippen molar-refractivity contribution in [2.45, 2.75) is 25.8 Å². The fraction of sp³-hybridized carbons (Fsp3) is 0.182. The molecular weight excluding hydrogens is 492 g/mol. The highest BCUT2D eigenvalue weighted by Crippen LogP contribution is 2.36. The maximum atomic E-state index is 13.6. The largest absolute Gasteiger partial charge is 0.435 e. The van der Waals surface area contributed by atoms with E-state index in [1.165, 1.54) is 37.8 Å². The van der Waals surface area contributed by atoms with Gasteiger partial charge in [0, 0.05) is 35.9 Å². The number of aromatic nitrogens is 5. The highest BCUT2D eigenvalue weighted by molar-refractivity contribution is 5.89. The summed E-state index contributed by atoms with van der Waals surface area (Å²) in [7, 11) is 0. The zero-order chi connectivity index (χ0) is 26.5. The van der Waals surface area contributed by atoms with Gasteiger partial charge in [-0.15, -0.1) is 0 Å². The number of nitrogens with zero attached hydrogens (tertiary/aromatic N) is 6. The number of hydrogen-bond acceptors (Lipinski definition) is 6. The van der Waals surface area contributed by atoms with Crippen LogP contribution in [0.2, 0.25) is 0 Å². The van der Waals surface area contributed by atoms with E-state index in [-0.39, 0.29) is 5.82 Å². The molecule has 0 radical (unpaired) electrons. The molecule has 0 aliphatic heterocycles. The van der Waals surface area contributed by atoms with Gasteiger partial charge in [-0.2, -0.15) is 31.4 Å². The molecule has 188 valence electrons. The van der Waals surface area contributed by atoms with Crippen LogP contribution in [0.5, 0.6) is 0 Å². The van der Waals surface area contributed by atoms with Crippen molar-refractivity contribution in [3.63, 3.8) is 0 Å². The van der Waals surface area contributed by atoms with Gasteiger partial charge in [0.25, 0.3) is 0 Å². The van der Waals surface area contributed by atoms with E-state index in [2.05, 4.69) is 37.1 Å². The van der Waals surface area contributed by atoms with Gasteiger partial charge in [-0.1, -0.05) is 6.08 Å². The molecule has 0 aliphatic rings. The smallest absolute Gasteiger partial charge is 0.309 e. The first-order valence-electron chi connectivity index (χ1n) is 10.0. The van der Waals surface area contributed by atoms with Gasteiger partial charge in [0.2, 0.25) is 5.91 Å². The number of anilines is 1. The van der Waals surface area contributed by atoms with Crippen LogP contribution in [0.3, 0.4) is 0 Å². The van der Waals surface area contributed by atoms with Crippen LogP contribution in [0.25, 0.3) is 16.8 Å². The van der Waals surface area contributed by atoms with Crippen LogP contribution in [0, 0.1) is 0 Å². The second kappa shape index (κ2) is 10.5. The Morgan fingerprint density at radius 1 is 1.14 bits per heavy atom. The molecule has 1 N–H and O–H groups in total. The van der Waals surface area contributed by atoms with Crippen molar-refractivity contribution in [3.05, 3.63) is 72.2 Å². The summed E-state index contributed by atoms with van der Waals surface area (Å²) in [5.41, 5.74) is -2.89. The van der Waals surface area contributed by atoms with Crippen LogP contribution in [-0.2, 0) is 17.5 Å². The maximum absolute atomic E-state index is 13.6. The molecule has 0 fully saturated rings. The molecule has 36 heavy (non-hydrogen) atoms. The quantitative estimate of drug-likeness (QED) is 0.276. The van der Waals surface area contributed by atoms with Crippen molar-refractivity contribution in [1.82, 2.24) is 24.7 Å². The van der Waals surface area contributed by atoms with E-state index in [0.717, 1.165) is 12.3 Å².